The fourth-order valence-corrected chi connectivity index (χ4v) is 13.3. The van der Waals surface area contributed by atoms with Gasteiger partial charge in [-0.2, -0.15) is 0 Å². The van der Waals surface area contributed by atoms with E-state index < -0.39 is 17.3 Å². The first kappa shape index (κ1) is 56.8. The highest BCUT2D eigenvalue weighted by atomic mass is 16.6. The van der Waals surface area contributed by atoms with Gasteiger partial charge in [-0.15, -0.1) is 0 Å². The lowest BCUT2D eigenvalue weighted by molar-refractivity contribution is -0.151. The lowest BCUT2D eigenvalue weighted by Gasteiger charge is -2.58. The minimum atomic E-state index is -0.587. The Morgan fingerprint density at radius 2 is 1.34 bits per heavy atom. The summed E-state index contributed by atoms with van der Waals surface area (Å²) in [6, 6.07) is -0.127. The quantitative estimate of drug-likeness (QED) is 0.0427. The van der Waals surface area contributed by atoms with Gasteiger partial charge in [0.05, 0.1) is 0 Å². The van der Waals surface area contributed by atoms with Gasteiger partial charge < -0.3 is 29.7 Å². The van der Waals surface area contributed by atoms with Gasteiger partial charge in [0.2, 0.25) is 5.91 Å². The minimum Gasteiger partial charge on any atom is -0.462 e. The molecule has 2 N–H and O–H groups in total. The topological polar surface area (TPSA) is 123 Å². The molecule has 0 aliphatic heterocycles. The third-order valence-corrected chi connectivity index (χ3v) is 17.1. The SMILES string of the molecule is CC[C@H](CC[C@@H](C)C1CCC2C3CC=C4CC(OC(=O)CCCC(=O)N(CCCCCCCC(C)NC(=O)OC(C)(C)C)CCC(C)NC(=O)OC(C)(C)C)CCC4(C)C3CCC21C)C(C)C. The molecule has 11 atom stereocenters. The van der Waals surface area contributed by atoms with Crippen LogP contribution in [0.5, 0.6) is 0 Å². The summed E-state index contributed by atoms with van der Waals surface area (Å²) in [7, 11) is 0. The average Bonchev–Trinajstić information content (AvgIpc) is 3.57. The molecule has 4 aliphatic rings. The summed E-state index contributed by atoms with van der Waals surface area (Å²) in [4.78, 5) is 53.5. The number of allylic oxidation sites excluding steroid dienone is 1. The Kier molecular flexibility index (Phi) is 21.5. The second-order valence-corrected chi connectivity index (χ2v) is 25.0. The Morgan fingerprint density at radius 1 is 0.716 bits per heavy atom. The number of carbonyl (C=O) groups is 4. The van der Waals surface area contributed by atoms with Crippen LogP contribution in [0.15, 0.2) is 11.6 Å². The van der Waals surface area contributed by atoms with E-state index in [0.717, 1.165) is 99.2 Å². The molecule has 4 rings (SSSR count). The van der Waals surface area contributed by atoms with Crippen molar-refractivity contribution in [1.29, 1.82) is 0 Å². The number of nitrogens with one attached hydrogen (secondary N) is 2. The Morgan fingerprint density at radius 3 is 1.97 bits per heavy atom. The molecule has 0 saturated heterocycles. The molecule has 0 aromatic heterocycles. The summed E-state index contributed by atoms with van der Waals surface area (Å²) in [6.45, 7) is 31.2. The smallest absolute Gasteiger partial charge is 0.407 e. The Labute approximate surface area is 409 Å². The standard InChI is InChI=1S/C57H101N3O7/c1-15-43(39(2)3)26-25-40(4)47-29-30-48-46-28-27-44-38-45(31-34-56(44,13)49(46)32-35-57(47,48)14)65-51(62)24-21-23-50(61)60(37-33-42(6)59-53(64)67-55(10,11)12)36-20-18-16-17-19-22-41(5)58-52(63)66-54(7,8)9/h27,39-43,45-49H,15-26,28-38H2,1-14H3,(H,58,63)(H,59,64)/t40-,41?,42?,43-,45?,46?,47?,48?,49?,56?,57?/m1/s1. The van der Waals surface area contributed by atoms with Gasteiger partial charge in [0.1, 0.15) is 17.3 Å². The number of hydrogen-bond donors (Lipinski definition) is 2. The van der Waals surface area contributed by atoms with Crippen molar-refractivity contribution in [2.45, 2.75) is 261 Å². The van der Waals surface area contributed by atoms with Gasteiger partial charge >= 0.3 is 18.2 Å². The van der Waals surface area contributed by atoms with Crippen molar-refractivity contribution in [3.05, 3.63) is 11.6 Å². The van der Waals surface area contributed by atoms with E-state index in [2.05, 4.69) is 58.3 Å². The van der Waals surface area contributed by atoms with E-state index in [1.165, 1.54) is 56.9 Å². The van der Waals surface area contributed by atoms with Crippen LogP contribution < -0.4 is 10.6 Å². The maximum atomic E-state index is 13.7. The van der Waals surface area contributed by atoms with Crippen molar-refractivity contribution in [1.82, 2.24) is 15.5 Å². The molecular weight excluding hydrogens is 839 g/mol. The van der Waals surface area contributed by atoms with Crippen LogP contribution in [-0.4, -0.2) is 71.4 Å². The molecule has 10 heteroatoms. The van der Waals surface area contributed by atoms with Crippen molar-refractivity contribution in [2.24, 2.45) is 52.3 Å². The molecule has 0 spiro atoms. The number of nitrogens with zero attached hydrogens (tertiary/aromatic N) is 1. The van der Waals surface area contributed by atoms with Crippen molar-refractivity contribution in [3.63, 3.8) is 0 Å². The minimum absolute atomic E-state index is 0.0394. The fraction of sp³-hybridized carbons (Fsp3) is 0.895. The predicted octanol–water partition coefficient (Wildman–Crippen LogP) is 14.1. The van der Waals surface area contributed by atoms with Crippen LogP contribution in [-0.2, 0) is 23.8 Å². The van der Waals surface area contributed by atoms with Gasteiger partial charge in [0.25, 0.3) is 0 Å². The number of ether oxygens (including phenoxy) is 3. The highest BCUT2D eigenvalue weighted by Crippen LogP contribution is 2.67. The molecule has 3 saturated carbocycles. The van der Waals surface area contributed by atoms with Gasteiger partial charge in [0.15, 0.2) is 0 Å². The molecule has 10 nitrogen and oxygen atoms in total. The lowest BCUT2D eigenvalue weighted by atomic mass is 9.47. The van der Waals surface area contributed by atoms with Crippen LogP contribution in [0.2, 0.25) is 0 Å². The van der Waals surface area contributed by atoms with Gasteiger partial charge in [-0.25, -0.2) is 9.59 Å². The van der Waals surface area contributed by atoms with E-state index >= 15 is 0 Å². The maximum Gasteiger partial charge on any atom is 0.407 e. The van der Waals surface area contributed by atoms with Crippen LogP contribution in [0.1, 0.15) is 232 Å². The largest absolute Gasteiger partial charge is 0.462 e. The first-order valence-electron chi connectivity index (χ1n) is 27.5. The van der Waals surface area contributed by atoms with E-state index in [4.69, 9.17) is 14.2 Å². The van der Waals surface area contributed by atoms with Crippen LogP contribution in [0.3, 0.4) is 0 Å². The fourth-order valence-electron chi connectivity index (χ4n) is 13.3. The van der Waals surface area contributed by atoms with Crippen LogP contribution in [0, 0.1) is 52.3 Å². The zero-order valence-electron chi connectivity index (χ0n) is 45.4. The Balaban J connectivity index is 1.23. The van der Waals surface area contributed by atoms with Crippen molar-refractivity contribution in [2.75, 3.05) is 13.1 Å². The number of hydrogen-bond acceptors (Lipinski definition) is 7. The molecule has 3 amide bonds. The highest BCUT2D eigenvalue weighted by molar-refractivity contribution is 5.77. The second kappa shape index (κ2) is 25.4. The number of unbranched alkanes of at least 4 members (excludes halogenated alkanes) is 4. The summed E-state index contributed by atoms with van der Waals surface area (Å²) in [5.41, 5.74) is 1.10. The normalized spacial score (nSPS) is 27.9. The van der Waals surface area contributed by atoms with Crippen LogP contribution in [0.25, 0.3) is 0 Å². The van der Waals surface area contributed by atoms with Crippen LogP contribution in [0.4, 0.5) is 9.59 Å². The molecule has 0 bridgehead atoms. The van der Waals surface area contributed by atoms with E-state index in [1.54, 1.807) is 0 Å². The average molecular weight is 940 g/mol. The van der Waals surface area contributed by atoms with Gasteiger partial charge in [-0.05, 0) is 185 Å². The van der Waals surface area contributed by atoms with E-state index in [-0.39, 0.29) is 48.0 Å². The lowest BCUT2D eigenvalue weighted by Crippen LogP contribution is -2.51. The molecular formula is C57H101N3O7. The van der Waals surface area contributed by atoms with Crippen molar-refractivity contribution < 1.29 is 33.4 Å². The Bertz CT molecular complexity index is 1610. The number of carbonyl (C=O) groups excluding carboxylic acids is 4. The predicted molar refractivity (Wildman–Crippen MR) is 273 cm³/mol. The third kappa shape index (κ3) is 17.2. The molecule has 0 radical (unpaired) electrons. The van der Waals surface area contributed by atoms with Crippen molar-refractivity contribution >= 4 is 24.1 Å². The number of rotatable bonds is 24. The Hall–Kier alpha value is -2.78. The molecule has 9 unspecified atom stereocenters. The number of fused-ring (bicyclic) bond motifs is 5. The maximum absolute atomic E-state index is 13.7. The summed E-state index contributed by atoms with van der Waals surface area (Å²) in [5, 5.41) is 5.83. The zero-order chi connectivity index (χ0) is 49.7. The van der Waals surface area contributed by atoms with E-state index in [9.17, 15) is 19.2 Å². The zero-order valence-corrected chi connectivity index (χ0v) is 45.4. The van der Waals surface area contributed by atoms with E-state index in [1.807, 2.05) is 60.3 Å². The molecule has 67 heavy (non-hydrogen) atoms. The summed E-state index contributed by atoms with van der Waals surface area (Å²) in [6.07, 6.45) is 22.7. The van der Waals surface area contributed by atoms with Gasteiger partial charge in [0, 0.05) is 44.4 Å². The summed E-state index contributed by atoms with van der Waals surface area (Å²) < 4.78 is 17.0. The molecule has 0 aromatic carbocycles. The number of alkyl carbamates (subject to hydrolysis) is 2. The number of esters is 1. The molecule has 386 valence electrons. The first-order chi connectivity index (χ1) is 31.3. The third-order valence-electron chi connectivity index (χ3n) is 17.1. The molecule has 0 aromatic rings. The summed E-state index contributed by atoms with van der Waals surface area (Å²) >= 11 is 0. The molecule has 3 fully saturated rings. The highest BCUT2D eigenvalue weighted by Gasteiger charge is 2.59. The molecule has 0 heterocycles. The van der Waals surface area contributed by atoms with E-state index in [0.29, 0.717) is 37.8 Å². The van der Waals surface area contributed by atoms with Crippen molar-refractivity contribution in [3.8, 4) is 0 Å². The first-order valence-corrected chi connectivity index (χ1v) is 27.5. The molecule has 4 aliphatic carbocycles. The van der Waals surface area contributed by atoms with Gasteiger partial charge in [-0.3, -0.25) is 9.59 Å². The van der Waals surface area contributed by atoms with Gasteiger partial charge in [-0.1, -0.05) is 91.7 Å². The monoisotopic (exact) mass is 940 g/mol. The number of amides is 3. The second-order valence-electron chi connectivity index (χ2n) is 25.0. The summed E-state index contributed by atoms with van der Waals surface area (Å²) in [5.74, 6) is 5.47. The van der Waals surface area contributed by atoms with Crippen LogP contribution >= 0.6 is 0 Å².